The van der Waals surface area contributed by atoms with Crippen LogP contribution in [0.2, 0.25) is 0 Å². The predicted molar refractivity (Wildman–Crippen MR) is 58.0 cm³/mol. The molecule has 0 aromatic carbocycles. The smallest absolute Gasteiger partial charge is 0.0943 e. The van der Waals surface area contributed by atoms with Crippen LogP contribution in [-0.2, 0) is 6.42 Å². The molecule has 0 radical (unpaired) electrons. The Morgan fingerprint density at radius 3 is 2.69 bits per heavy atom. The molecule has 0 aliphatic carbocycles. The number of hydrogen-bond donors (Lipinski definition) is 1. The standard InChI is InChI=1S/C10H18N2S/c1-7(2)4-9(11)5-10-12-8(3)6-13-10/h6-7,9H,4-5,11H2,1-3H3. The van der Waals surface area contributed by atoms with Gasteiger partial charge in [-0.3, -0.25) is 0 Å². The Morgan fingerprint density at radius 1 is 1.54 bits per heavy atom. The summed E-state index contributed by atoms with van der Waals surface area (Å²) >= 11 is 1.71. The van der Waals surface area contributed by atoms with Crippen molar-refractivity contribution >= 4 is 11.3 Å². The van der Waals surface area contributed by atoms with E-state index in [1.807, 2.05) is 6.92 Å². The minimum Gasteiger partial charge on any atom is -0.327 e. The minimum atomic E-state index is 0.269. The highest BCUT2D eigenvalue weighted by molar-refractivity contribution is 7.09. The fraction of sp³-hybridized carbons (Fsp3) is 0.700. The Bertz CT molecular complexity index is 255. The van der Waals surface area contributed by atoms with Crippen molar-refractivity contribution in [2.24, 2.45) is 11.7 Å². The lowest BCUT2D eigenvalue weighted by Crippen LogP contribution is -2.24. The lowest BCUT2D eigenvalue weighted by Gasteiger charge is -2.11. The van der Waals surface area contributed by atoms with Gasteiger partial charge >= 0.3 is 0 Å². The van der Waals surface area contributed by atoms with Crippen LogP contribution in [0.4, 0.5) is 0 Å². The number of aromatic nitrogens is 1. The van der Waals surface area contributed by atoms with Crippen molar-refractivity contribution in [1.29, 1.82) is 0 Å². The molecule has 1 rings (SSSR count). The summed E-state index contributed by atoms with van der Waals surface area (Å²) in [7, 11) is 0. The zero-order valence-corrected chi connectivity index (χ0v) is 9.40. The van der Waals surface area contributed by atoms with Crippen LogP contribution >= 0.6 is 11.3 Å². The maximum Gasteiger partial charge on any atom is 0.0943 e. The van der Waals surface area contributed by atoms with Crippen LogP contribution in [0, 0.1) is 12.8 Å². The van der Waals surface area contributed by atoms with E-state index in [9.17, 15) is 0 Å². The number of nitrogens with two attached hydrogens (primary N) is 1. The second-order valence-electron chi connectivity index (χ2n) is 3.98. The first-order valence-electron chi connectivity index (χ1n) is 4.74. The summed E-state index contributed by atoms with van der Waals surface area (Å²) in [4.78, 5) is 4.40. The van der Waals surface area contributed by atoms with E-state index in [0.717, 1.165) is 18.5 Å². The molecule has 0 aliphatic heterocycles. The molecule has 74 valence electrons. The monoisotopic (exact) mass is 198 g/mol. The van der Waals surface area contributed by atoms with E-state index < -0.39 is 0 Å². The van der Waals surface area contributed by atoms with Gasteiger partial charge in [-0.05, 0) is 19.3 Å². The van der Waals surface area contributed by atoms with Crippen molar-refractivity contribution in [3.05, 3.63) is 16.1 Å². The second kappa shape index (κ2) is 4.72. The predicted octanol–water partition coefficient (Wildman–Crippen LogP) is 2.37. The summed E-state index contributed by atoms with van der Waals surface area (Å²) < 4.78 is 0. The van der Waals surface area contributed by atoms with E-state index >= 15 is 0 Å². The number of aryl methyl sites for hydroxylation is 1. The molecule has 3 heteroatoms. The van der Waals surface area contributed by atoms with E-state index in [4.69, 9.17) is 5.73 Å². The van der Waals surface area contributed by atoms with Crippen LogP contribution in [0.3, 0.4) is 0 Å². The summed E-state index contributed by atoms with van der Waals surface area (Å²) in [5.41, 5.74) is 7.09. The molecule has 0 spiro atoms. The number of thiazole rings is 1. The highest BCUT2D eigenvalue weighted by atomic mass is 32.1. The average molecular weight is 198 g/mol. The molecule has 2 nitrogen and oxygen atoms in total. The van der Waals surface area contributed by atoms with Gasteiger partial charge < -0.3 is 5.73 Å². The topological polar surface area (TPSA) is 38.9 Å². The van der Waals surface area contributed by atoms with Gasteiger partial charge in [-0.2, -0.15) is 0 Å². The van der Waals surface area contributed by atoms with Gasteiger partial charge in [0.2, 0.25) is 0 Å². The molecular formula is C10H18N2S. The van der Waals surface area contributed by atoms with E-state index in [1.165, 1.54) is 5.01 Å². The minimum absolute atomic E-state index is 0.269. The van der Waals surface area contributed by atoms with Crippen molar-refractivity contribution in [3.8, 4) is 0 Å². The molecule has 0 saturated carbocycles. The van der Waals surface area contributed by atoms with E-state index in [2.05, 4.69) is 24.2 Å². The third-order valence-corrected chi connectivity index (χ3v) is 2.87. The van der Waals surface area contributed by atoms with Gasteiger partial charge in [0.05, 0.1) is 5.01 Å². The second-order valence-corrected chi connectivity index (χ2v) is 4.92. The van der Waals surface area contributed by atoms with Crippen molar-refractivity contribution in [2.45, 2.75) is 39.7 Å². The Kier molecular flexibility index (Phi) is 3.88. The third kappa shape index (κ3) is 3.87. The summed E-state index contributed by atoms with van der Waals surface area (Å²) in [6, 6.07) is 0.269. The summed E-state index contributed by atoms with van der Waals surface area (Å²) in [6.07, 6.45) is 2.01. The zero-order chi connectivity index (χ0) is 9.84. The lowest BCUT2D eigenvalue weighted by atomic mass is 10.0. The van der Waals surface area contributed by atoms with Crippen LogP contribution in [-0.4, -0.2) is 11.0 Å². The van der Waals surface area contributed by atoms with Crippen LogP contribution in [0.25, 0.3) is 0 Å². The van der Waals surface area contributed by atoms with Gasteiger partial charge in [0.1, 0.15) is 0 Å². The van der Waals surface area contributed by atoms with Gasteiger partial charge in [-0.25, -0.2) is 4.98 Å². The summed E-state index contributed by atoms with van der Waals surface area (Å²) in [6.45, 7) is 6.42. The SMILES string of the molecule is Cc1csc(CC(N)CC(C)C)n1. The van der Waals surface area contributed by atoms with Crippen molar-refractivity contribution < 1.29 is 0 Å². The molecule has 0 fully saturated rings. The van der Waals surface area contributed by atoms with Gasteiger partial charge in [-0.1, -0.05) is 13.8 Å². The van der Waals surface area contributed by atoms with Gasteiger partial charge in [0.25, 0.3) is 0 Å². The Labute approximate surface area is 84.2 Å². The normalized spacial score (nSPS) is 13.6. The summed E-state index contributed by atoms with van der Waals surface area (Å²) in [5, 5.41) is 3.25. The zero-order valence-electron chi connectivity index (χ0n) is 8.58. The Hall–Kier alpha value is -0.410. The first-order chi connectivity index (χ1) is 6.08. The van der Waals surface area contributed by atoms with Crippen LogP contribution in [0.5, 0.6) is 0 Å². The quantitative estimate of drug-likeness (QED) is 0.806. The van der Waals surface area contributed by atoms with Gasteiger partial charge in [0.15, 0.2) is 0 Å². The Balaban J connectivity index is 2.40. The van der Waals surface area contributed by atoms with Crippen molar-refractivity contribution in [1.82, 2.24) is 4.98 Å². The number of nitrogens with zero attached hydrogens (tertiary/aromatic N) is 1. The van der Waals surface area contributed by atoms with Crippen LogP contribution in [0.15, 0.2) is 5.38 Å². The van der Waals surface area contributed by atoms with E-state index in [1.54, 1.807) is 11.3 Å². The first-order valence-corrected chi connectivity index (χ1v) is 5.62. The molecule has 1 heterocycles. The van der Waals surface area contributed by atoms with Gasteiger partial charge in [0, 0.05) is 23.5 Å². The molecule has 1 aromatic rings. The largest absolute Gasteiger partial charge is 0.327 e. The number of hydrogen-bond acceptors (Lipinski definition) is 3. The molecule has 1 unspecified atom stereocenters. The summed E-state index contributed by atoms with van der Waals surface area (Å²) in [5.74, 6) is 0.677. The molecule has 13 heavy (non-hydrogen) atoms. The average Bonchev–Trinajstić information content (AvgIpc) is 2.33. The number of rotatable bonds is 4. The maximum absolute atomic E-state index is 5.98. The molecule has 1 atom stereocenters. The third-order valence-electron chi connectivity index (χ3n) is 1.88. The van der Waals surface area contributed by atoms with Crippen molar-refractivity contribution in [2.75, 3.05) is 0 Å². The highest BCUT2D eigenvalue weighted by Gasteiger charge is 2.08. The molecule has 1 aromatic heterocycles. The molecule has 0 bridgehead atoms. The molecule has 0 aliphatic rings. The first kappa shape index (κ1) is 10.7. The molecule has 0 saturated heterocycles. The Morgan fingerprint density at radius 2 is 2.23 bits per heavy atom. The molecule has 2 N–H and O–H groups in total. The van der Waals surface area contributed by atoms with Crippen LogP contribution < -0.4 is 5.73 Å². The molecule has 0 amide bonds. The molecular weight excluding hydrogens is 180 g/mol. The lowest BCUT2D eigenvalue weighted by molar-refractivity contribution is 0.493. The van der Waals surface area contributed by atoms with Crippen molar-refractivity contribution in [3.63, 3.8) is 0 Å². The fourth-order valence-electron chi connectivity index (χ4n) is 1.41. The van der Waals surface area contributed by atoms with E-state index in [-0.39, 0.29) is 6.04 Å². The van der Waals surface area contributed by atoms with E-state index in [0.29, 0.717) is 5.92 Å². The highest BCUT2D eigenvalue weighted by Crippen LogP contribution is 2.13. The maximum atomic E-state index is 5.98. The van der Waals surface area contributed by atoms with Crippen LogP contribution in [0.1, 0.15) is 31.0 Å². The fourth-order valence-corrected chi connectivity index (χ4v) is 2.28. The van der Waals surface area contributed by atoms with Gasteiger partial charge in [-0.15, -0.1) is 11.3 Å².